The van der Waals surface area contributed by atoms with Crippen LogP contribution in [0.1, 0.15) is 24.4 Å². The molecule has 1 atom stereocenters. The van der Waals surface area contributed by atoms with Crippen LogP contribution in [0.3, 0.4) is 0 Å². The molecule has 0 heterocycles. The van der Waals surface area contributed by atoms with Crippen molar-refractivity contribution in [3.8, 4) is 5.75 Å². The first-order chi connectivity index (χ1) is 7.07. The molecule has 0 unspecified atom stereocenters. The highest BCUT2D eigenvalue weighted by molar-refractivity contribution is 9.10. The van der Waals surface area contributed by atoms with Crippen molar-refractivity contribution >= 4 is 28.3 Å². The molecule has 90 valence electrons. The minimum Gasteiger partial charge on any atom is -0.505 e. The molecule has 0 saturated carbocycles. The fourth-order valence-electron chi connectivity index (χ4n) is 1.31. The maximum atomic E-state index is 13.3. The number of rotatable bonds is 4. The molecule has 0 aliphatic carbocycles. The van der Waals surface area contributed by atoms with Crippen molar-refractivity contribution in [2.24, 2.45) is 5.73 Å². The van der Waals surface area contributed by atoms with E-state index >= 15 is 0 Å². The molecule has 0 aliphatic rings. The summed E-state index contributed by atoms with van der Waals surface area (Å²) in [6, 6.07) is 2.79. The highest BCUT2D eigenvalue weighted by Crippen LogP contribution is 2.32. The molecule has 0 aromatic heterocycles. The predicted molar refractivity (Wildman–Crippen MR) is 69.4 cm³/mol. The zero-order valence-corrected chi connectivity index (χ0v) is 11.0. The Balaban J connectivity index is 0.00000225. The van der Waals surface area contributed by atoms with Gasteiger partial charge in [-0.15, -0.1) is 19.0 Å². The Morgan fingerprint density at radius 2 is 2.19 bits per heavy atom. The summed E-state index contributed by atoms with van der Waals surface area (Å²) in [4.78, 5) is 0. The number of aromatic hydroxyl groups is 1. The molecule has 0 spiro atoms. The quantitative estimate of drug-likeness (QED) is 0.833. The van der Waals surface area contributed by atoms with Crippen molar-refractivity contribution in [1.29, 1.82) is 0 Å². The van der Waals surface area contributed by atoms with Gasteiger partial charge in [-0.3, -0.25) is 0 Å². The lowest BCUT2D eigenvalue weighted by atomic mass is 10.0. The van der Waals surface area contributed by atoms with E-state index in [2.05, 4.69) is 22.5 Å². The van der Waals surface area contributed by atoms with Gasteiger partial charge in [0, 0.05) is 11.6 Å². The summed E-state index contributed by atoms with van der Waals surface area (Å²) in [7, 11) is 0. The lowest BCUT2D eigenvalue weighted by Crippen LogP contribution is -2.10. The Kier molecular flexibility index (Phi) is 6.64. The van der Waals surface area contributed by atoms with Gasteiger partial charge in [0.25, 0.3) is 0 Å². The first-order valence-corrected chi connectivity index (χ1v) is 5.40. The predicted octanol–water partition coefficient (Wildman–Crippen LogP) is 3.68. The highest BCUT2D eigenvalue weighted by atomic mass is 79.9. The van der Waals surface area contributed by atoms with Gasteiger partial charge in [-0.05, 0) is 34.8 Å². The Morgan fingerprint density at radius 3 is 2.75 bits per heavy atom. The smallest absolute Gasteiger partial charge is 0.179 e. The van der Waals surface area contributed by atoms with E-state index in [4.69, 9.17) is 5.73 Å². The third-order valence-electron chi connectivity index (χ3n) is 2.18. The molecule has 0 saturated heterocycles. The fraction of sp³-hybridized carbons (Fsp3) is 0.273. The van der Waals surface area contributed by atoms with Gasteiger partial charge >= 0.3 is 0 Å². The van der Waals surface area contributed by atoms with Gasteiger partial charge in [0.15, 0.2) is 11.6 Å². The van der Waals surface area contributed by atoms with E-state index in [-0.39, 0.29) is 28.7 Å². The molecule has 5 heteroatoms. The zero-order chi connectivity index (χ0) is 11.4. The zero-order valence-electron chi connectivity index (χ0n) is 8.62. The second kappa shape index (κ2) is 6.89. The molecule has 16 heavy (non-hydrogen) atoms. The van der Waals surface area contributed by atoms with E-state index in [9.17, 15) is 9.50 Å². The van der Waals surface area contributed by atoms with Gasteiger partial charge < -0.3 is 10.8 Å². The lowest BCUT2D eigenvalue weighted by molar-refractivity contribution is 0.417. The summed E-state index contributed by atoms with van der Waals surface area (Å²) in [5, 5.41) is 9.54. The third-order valence-corrected chi connectivity index (χ3v) is 2.79. The Bertz CT molecular complexity index is 373. The van der Waals surface area contributed by atoms with Gasteiger partial charge in [-0.1, -0.05) is 12.1 Å². The minimum absolute atomic E-state index is 0. The van der Waals surface area contributed by atoms with Crippen molar-refractivity contribution in [2.75, 3.05) is 0 Å². The highest BCUT2D eigenvalue weighted by Gasteiger charge is 2.15. The van der Waals surface area contributed by atoms with Crippen LogP contribution in [0.25, 0.3) is 0 Å². The lowest BCUT2D eigenvalue weighted by Gasteiger charge is -2.13. The van der Waals surface area contributed by atoms with Crippen LogP contribution in [0, 0.1) is 5.82 Å². The number of allylic oxidation sites excluding steroid dienone is 1. The Labute approximate surface area is 109 Å². The summed E-state index contributed by atoms with van der Waals surface area (Å²) >= 11 is 2.99. The molecule has 0 bridgehead atoms. The topological polar surface area (TPSA) is 46.2 Å². The summed E-state index contributed by atoms with van der Waals surface area (Å²) in [6.45, 7) is 3.58. The molecule has 0 aliphatic heterocycles. The molecule has 1 rings (SSSR count). The van der Waals surface area contributed by atoms with Crippen LogP contribution in [0.2, 0.25) is 0 Å². The van der Waals surface area contributed by atoms with Crippen LogP contribution in [-0.2, 0) is 0 Å². The van der Waals surface area contributed by atoms with Crippen LogP contribution in [0.15, 0.2) is 29.3 Å². The van der Waals surface area contributed by atoms with Gasteiger partial charge in [-0.25, -0.2) is 4.39 Å². The van der Waals surface area contributed by atoms with E-state index in [1.807, 2.05) is 0 Å². The number of halogens is 3. The average molecular weight is 311 g/mol. The van der Waals surface area contributed by atoms with Crippen molar-refractivity contribution in [1.82, 2.24) is 0 Å². The number of benzene rings is 1. The van der Waals surface area contributed by atoms with E-state index in [1.54, 1.807) is 12.1 Å². The maximum Gasteiger partial charge on any atom is 0.179 e. The van der Waals surface area contributed by atoms with Crippen LogP contribution in [-0.4, -0.2) is 5.11 Å². The van der Waals surface area contributed by atoms with Crippen LogP contribution >= 0.6 is 28.3 Å². The fourth-order valence-corrected chi connectivity index (χ4v) is 1.63. The molecular formula is C11H14BrClFNO. The molecule has 0 radical (unpaired) electrons. The van der Waals surface area contributed by atoms with Crippen molar-refractivity contribution in [2.45, 2.75) is 18.9 Å². The summed E-state index contributed by atoms with van der Waals surface area (Å²) in [5.41, 5.74) is 6.24. The largest absolute Gasteiger partial charge is 0.505 e. The van der Waals surface area contributed by atoms with Crippen LogP contribution in [0.4, 0.5) is 4.39 Å². The SMILES string of the molecule is C=CCC[C@H](N)c1ccc(Br)c(F)c1O.Cl. The molecule has 3 N–H and O–H groups in total. The normalized spacial score (nSPS) is 11.7. The average Bonchev–Trinajstić information content (AvgIpc) is 2.23. The first kappa shape index (κ1) is 15.4. The van der Waals surface area contributed by atoms with Crippen molar-refractivity contribution in [3.05, 3.63) is 40.6 Å². The molecular weight excluding hydrogens is 296 g/mol. The van der Waals surface area contributed by atoms with Gasteiger partial charge in [0.1, 0.15) is 0 Å². The van der Waals surface area contributed by atoms with Gasteiger partial charge in [-0.2, -0.15) is 0 Å². The first-order valence-electron chi connectivity index (χ1n) is 4.61. The summed E-state index contributed by atoms with van der Waals surface area (Å²) < 4.78 is 13.5. The van der Waals surface area contributed by atoms with Crippen LogP contribution in [0.5, 0.6) is 5.75 Å². The second-order valence-corrected chi connectivity index (χ2v) is 4.13. The third kappa shape index (κ3) is 3.47. The molecule has 1 aromatic rings. The summed E-state index contributed by atoms with van der Waals surface area (Å²) in [5.74, 6) is -1.04. The van der Waals surface area contributed by atoms with Crippen LogP contribution < -0.4 is 5.73 Å². The molecule has 2 nitrogen and oxygen atoms in total. The number of phenols is 1. The number of phenolic OH excluding ortho intramolecular Hbond substituents is 1. The second-order valence-electron chi connectivity index (χ2n) is 3.27. The monoisotopic (exact) mass is 309 g/mol. The van der Waals surface area contributed by atoms with E-state index in [1.165, 1.54) is 6.07 Å². The standard InChI is InChI=1S/C11H13BrFNO.ClH/c1-2-3-4-9(14)7-5-6-8(12)10(13)11(7)15;/h2,5-6,9,15H,1,3-4,14H2;1H/t9-;/m0./s1. The Morgan fingerprint density at radius 1 is 1.56 bits per heavy atom. The number of hydrogen-bond donors (Lipinski definition) is 2. The molecule has 0 fully saturated rings. The van der Waals surface area contributed by atoms with E-state index in [0.29, 0.717) is 12.0 Å². The van der Waals surface area contributed by atoms with Crippen molar-refractivity contribution < 1.29 is 9.50 Å². The van der Waals surface area contributed by atoms with Crippen molar-refractivity contribution in [3.63, 3.8) is 0 Å². The summed E-state index contributed by atoms with van der Waals surface area (Å²) in [6.07, 6.45) is 3.11. The molecule has 1 aromatic carbocycles. The van der Waals surface area contributed by atoms with E-state index in [0.717, 1.165) is 6.42 Å². The molecule has 0 amide bonds. The van der Waals surface area contributed by atoms with E-state index < -0.39 is 5.82 Å². The maximum absolute atomic E-state index is 13.3. The minimum atomic E-state index is -0.665. The Hall–Kier alpha value is -0.580. The number of nitrogens with two attached hydrogens (primary N) is 1. The van der Waals surface area contributed by atoms with Gasteiger partial charge in [0.05, 0.1) is 4.47 Å². The number of hydrogen-bond acceptors (Lipinski definition) is 2. The van der Waals surface area contributed by atoms with Gasteiger partial charge in [0.2, 0.25) is 0 Å².